The standard InChI is InChI=1S/C19H26N4O3S/c1-2-26-13-4-11-20-19(21-12-10-18-5-3-14-27-18)22-15-16-6-8-17(9-7-16)23(24)25/h3,5-9,14H,2,4,10-13,15H2,1H3,(H2,20,21,22). The molecule has 1 aromatic carbocycles. The lowest BCUT2D eigenvalue weighted by Gasteiger charge is -2.12. The Morgan fingerprint density at radius 1 is 1.22 bits per heavy atom. The number of nitrogens with one attached hydrogen (secondary N) is 2. The van der Waals surface area contributed by atoms with Crippen molar-refractivity contribution in [3.8, 4) is 0 Å². The molecule has 0 aliphatic heterocycles. The first-order chi connectivity index (χ1) is 13.2. The number of benzene rings is 1. The second-order valence-electron chi connectivity index (χ2n) is 5.82. The van der Waals surface area contributed by atoms with Crippen LogP contribution in [0.1, 0.15) is 23.8 Å². The number of nitro groups is 1. The van der Waals surface area contributed by atoms with Crippen LogP contribution < -0.4 is 10.6 Å². The number of non-ortho nitro benzene ring substituents is 1. The van der Waals surface area contributed by atoms with Gasteiger partial charge in [0, 0.05) is 43.3 Å². The maximum Gasteiger partial charge on any atom is 0.269 e. The molecule has 0 saturated carbocycles. The molecule has 1 aromatic heterocycles. The van der Waals surface area contributed by atoms with Crippen LogP contribution in [0.5, 0.6) is 0 Å². The first-order valence-electron chi connectivity index (χ1n) is 9.04. The molecule has 2 rings (SSSR count). The molecule has 0 atom stereocenters. The van der Waals surface area contributed by atoms with E-state index in [0.29, 0.717) is 13.2 Å². The van der Waals surface area contributed by atoms with E-state index < -0.39 is 4.92 Å². The maximum atomic E-state index is 10.7. The van der Waals surface area contributed by atoms with Gasteiger partial charge in [-0.1, -0.05) is 18.2 Å². The summed E-state index contributed by atoms with van der Waals surface area (Å²) in [5.41, 5.74) is 1.01. The van der Waals surface area contributed by atoms with Crippen LogP contribution in [0.25, 0.3) is 0 Å². The number of ether oxygens (including phenoxy) is 1. The Morgan fingerprint density at radius 3 is 2.67 bits per heavy atom. The second-order valence-corrected chi connectivity index (χ2v) is 6.85. The van der Waals surface area contributed by atoms with Crippen LogP contribution in [-0.2, 0) is 17.7 Å². The Labute approximate surface area is 163 Å². The average molecular weight is 391 g/mol. The zero-order valence-corrected chi connectivity index (χ0v) is 16.3. The van der Waals surface area contributed by atoms with E-state index in [2.05, 4.69) is 33.1 Å². The van der Waals surface area contributed by atoms with E-state index in [0.717, 1.165) is 44.1 Å². The monoisotopic (exact) mass is 390 g/mol. The van der Waals surface area contributed by atoms with Crippen LogP contribution in [-0.4, -0.2) is 37.2 Å². The fourth-order valence-electron chi connectivity index (χ4n) is 2.35. The highest BCUT2D eigenvalue weighted by atomic mass is 32.1. The van der Waals surface area contributed by atoms with Crippen molar-refractivity contribution in [1.29, 1.82) is 0 Å². The number of hydrogen-bond acceptors (Lipinski definition) is 5. The van der Waals surface area contributed by atoms with E-state index >= 15 is 0 Å². The molecule has 0 aliphatic rings. The Hall–Kier alpha value is -2.45. The molecule has 0 spiro atoms. The van der Waals surface area contributed by atoms with Gasteiger partial charge >= 0.3 is 0 Å². The molecule has 0 amide bonds. The van der Waals surface area contributed by atoms with Crippen LogP contribution in [0.4, 0.5) is 5.69 Å². The molecule has 2 aromatic rings. The van der Waals surface area contributed by atoms with Gasteiger partial charge in [-0.2, -0.15) is 0 Å². The number of thiophene rings is 1. The topological polar surface area (TPSA) is 88.8 Å². The van der Waals surface area contributed by atoms with E-state index in [4.69, 9.17) is 4.74 Å². The third-order valence-corrected chi connectivity index (χ3v) is 4.71. The molecule has 0 unspecified atom stereocenters. The maximum absolute atomic E-state index is 10.7. The fourth-order valence-corrected chi connectivity index (χ4v) is 3.06. The third-order valence-electron chi connectivity index (χ3n) is 3.77. The predicted molar refractivity (Wildman–Crippen MR) is 109 cm³/mol. The van der Waals surface area contributed by atoms with Crippen molar-refractivity contribution in [3.05, 3.63) is 62.3 Å². The van der Waals surface area contributed by atoms with Crippen molar-refractivity contribution in [2.24, 2.45) is 4.99 Å². The average Bonchev–Trinajstić information content (AvgIpc) is 3.19. The molecule has 7 nitrogen and oxygen atoms in total. The number of hydrogen-bond donors (Lipinski definition) is 2. The van der Waals surface area contributed by atoms with Crippen molar-refractivity contribution < 1.29 is 9.66 Å². The van der Waals surface area contributed by atoms with E-state index in [1.807, 2.05) is 6.92 Å². The van der Waals surface area contributed by atoms with Crippen LogP contribution in [0, 0.1) is 10.1 Å². The van der Waals surface area contributed by atoms with Crippen LogP contribution in [0.15, 0.2) is 46.8 Å². The molecule has 0 bridgehead atoms. The molecular formula is C19H26N4O3S. The highest BCUT2D eigenvalue weighted by Gasteiger charge is 2.04. The number of nitro benzene ring substituents is 1. The van der Waals surface area contributed by atoms with Gasteiger partial charge in [0.25, 0.3) is 5.69 Å². The summed E-state index contributed by atoms with van der Waals surface area (Å²) in [6.45, 7) is 5.44. The Balaban J connectivity index is 1.87. The van der Waals surface area contributed by atoms with Crippen molar-refractivity contribution in [2.75, 3.05) is 26.3 Å². The summed E-state index contributed by atoms with van der Waals surface area (Å²) >= 11 is 1.74. The van der Waals surface area contributed by atoms with Gasteiger partial charge in [-0.25, -0.2) is 4.99 Å². The van der Waals surface area contributed by atoms with Gasteiger partial charge < -0.3 is 15.4 Å². The minimum Gasteiger partial charge on any atom is -0.382 e. The summed E-state index contributed by atoms with van der Waals surface area (Å²) in [5, 5.41) is 19.5. The molecule has 1 heterocycles. The van der Waals surface area contributed by atoms with Gasteiger partial charge in [0.05, 0.1) is 11.5 Å². The molecule has 0 radical (unpaired) electrons. The highest BCUT2D eigenvalue weighted by Crippen LogP contribution is 2.12. The van der Waals surface area contributed by atoms with Crippen LogP contribution >= 0.6 is 11.3 Å². The summed E-state index contributed by atoms with van der Waals surface area (Å²) < 4.78 is 5.35. The Morgan fingerprint density at radius 2 is 2.00 bits per heavy atom. The minimum absolute atomic E-state index is 0.0890. The van der Waals surface area contributed by atoms with E-state index in [1.165, 1.54) is 17.0 Å². The zero-order valence-electron chi connectivity index (χ0n) is 15.5. The molecule has 0 aliphatic carbocycles. The fraction of sp³-hybridized carbons (Fsp3) is 0.421. The van der Waals surface area contributed by atoms with E-state index in [-0.39, 0.29) is 5.69 Å². The quantitative estimate of drug-likeness (QED) is 0.202. The smallest absolute Gasteiger partial charge is 0.269 e. The lowest BCUT2D eigenvalue weighted by molar-refractivity contribution is -0.384. The normalized spacial score (nSPS) is 11.4. The number of nitrogens with zero attached hydrogens (tertiary/aromatic N) is 2. The first kappa shape index (κ1) is 20.9. The Bertz CT molecular complexity index is 702. The van der Waals surface area contributed by atoms with E-state index in [1.54, 1.807) is 23.5 Å². The van der Waals surface area contributed by atoms with Gasteiger partial charge in [0.1, 0.15) is 0 Å². The molecule has 27 heavy (non-hydrogen) atoms. The molecule has 8 heteroatoms. The van der Waals surface area contributed by atoms with Gasteiger partial charge in [-0.3, -0.25) is 10.1 Å². The lowest BCUT2D eigenvalue weighted by Crippen LogP contribution is -2.39. The van der Waals surface area contributed by atoms with Crippen molar-refractivity contribution in [1.82, 2.24) is 10.6 Å². The van der Waals surface area contributed by atoms with E-state index in [9.17, 15) is 10.1 Å². The molecule has 2 N–H and O–H groups in total. The van der Waals surface area contributed by atoms with Crippen molar-refractivity contribution in [2.45, 2.75) is 26.3 Å². The summed E-state index contributed by atoms with van der Waals surface area (Å²) in [4.78, 5) is 16.3. The molecular weight excluding hydrogens is 364 g/mol. The molecule has 146 valence electrons. The number of guanidine groups is 1. The summed E-state index contributed by atoms with van der Waals surface area (Å²) in [5.74, 6) is 0.737. The minimum atomic E-state index is -0.398. The number of aliphatic imine (C=N–C) groups is 1. The lowest BCUT2D eigenvalue weighted by atomic mass is 10.2. The second kappa shape index (κ2) is 12.0. The highest BCUT2D eigenvalue weighted by molar-refractivity contribution is 7.09. The summed E-state index contributed by atoms with van der Waals surface area (Å²) in [6, 6.07) is 10.7. The zero-order chi connectivity index (χ0) is 19.3. The van der Waals surface area contributed by atoms with Crippen LogP contribution in [0.3, 0.4) is 0 Å². The SMILES string of the molecule is CCOCCCNC(=NCc1ccc([N+](=O)[O-])cc1)NCCc1cccs1. The van der Waals surface area contributed by atoms with Crippen LogP contribution in [0.2, 0.25) is 0 Å². The first-order valence-corrected chi connectivity index (χ1v) is 9.92. The molecule has 0 saturated heterocycles. The summed E-state index contributed by atoms with van der Waals surface area (Å²) in [7, 11) is 0. The summed E-state index contributed by atoms with van der Waals surface area (Å²) in [6.07, 6.45) is 1.84. The van der Waals surface area contributed by atoms with Gasteiger partial charge in [-0.15, -0.1) is 11.3 Å². The molecule has 0 fully saturated rings. The van der Waals surface area contributed by atoms with Gasteiger partial charge in [-0.05, 0) is 36.8 Å². The van der Waals surface area contributed by atoms with Gasteiger partial charge in [0.15, 0.2) is 5.96 Å². The van der Waals surface area contributed by atoms with Gasteiger partial charge in [0.2, 0.25) is 0 Å². The number of rotatable bonds is 11. The van der Waals surface area contributed by atoms with Crippen molar-refractivity contribution >= 4 is 23.0 Å². The predicted octanol–water partition coefficient (Wildman–Crippen LogP) is 3.36. The largest absolute Gasteiger partial charge is 0.382 e. The third kappa shape index (κ3) is 8.19. The Kier molecular flexibility index (Phi) is 9.29. The van der Waals surface area contributed by atoms with Crippen molar-refractivity contribution in [3.63, 3.8) is 0 Å².